The fourth-order valence-electron chi connectivity index (χ4n) is 1.10. The molecule has 0 atom stereocenters. The first-order valence-corrected chi connectivity index (χ1v) is 3.87. The number of rotatable bonds is 2. The predicted octanol–water partition coefficient (Wildman–Crippen LogP) is 2.88. The second kappa shape index (κ2) is 3.26. The van der Waals surface area contributed by atoms with E-state index < -0.39 is 0 Å². The summed E-state index contributed by atoms with van der Waals surface area (Å²) in [5.41, 5.74) is 2.29. The lowest BCUT2D eigenvalue weighted by atomic mass is 10.1. The molecule has 59 valence electrons. The van der Waals surface area contributed by atoms with Crippen LogP contribution in [0.4, 0.5) is 0 Å². The Morgan fingerprint density at radius 3 is 2.42 bits per heavy atom. The van der Waals surface area contributed by atoms with E-state index in [4.69, 9.17) is 4.42 Å². The normalized spacial score (nSPS) is 10.0. The molecule has 0 fully saturated rings. The fraction of sp³-hybridized carbons (Fsp3) is 0. The van der Waals surface area contributed by atoms with Crippen LogP contribution in [0.1, 0.15) is 11.1 Å². The van der Waals surface area contributed by atoms with Gasteiger partial charge in [0.15, 0.2) is 0 Å². The van der Waals surface area contributed by atoms with Gasteiger partial charge in [-0.2, -0.15) is 0 Å². The van der Waals surface area contributed by atoms with Crippen LogP contribution in [0.25, 0.3) is 0 Å². The summed E-state index contributed by atoms with van der Waals surface area (Å²) in [4.78, 5) is 0. The van der Waals surface area contributed by atoms with Gasteiger partial charge in [0.2, 0.25) is 0 Å². The lowest BCUT2D eigenvalue weighted by molar-refractivity contribution is 0.566. The van der Waals surface area contributed by atoms with Crippen molar-refractivity contribution in [2.75, 3.05) is 0 Å². The molecule has 0 aliphatic rings. The van der Waals surface area contributed by atoms with Gasteiger partial charge in [-0.15, -0.1) is 0 Å². The first-order valence-electron chi connectivity index (χ1n) is 3.87. The molecule has 12 heavy (non-hydrogen) atoms. The van der Waals surface area contributed by atoms with Crippen LogP contribution in [0, 0.1) is 6.42 Å². The zero-order chi connectivity index (χ0) is 8.23. The minimum Gasteiger partial charge on any atom is -0.472 e. The summed E-state index contributed by atoms with van der Waals surface area (Å²) in [5, 5.41) is 0. The van der Waals surface area contributed by atoms with Gasteiger partial charge in [0.25, 0.3) is 0 Å². The van der Waals surface area contributed by atoms with Gasteiger partial charge in [0, 0.05) is 6.42 Å². The molecule has 0 amide bonds. The first-order chi connectivity index (χ1) is 5.95. The highest BCUT2D eigenvalue weighted by atomic mass is 16.3. The van der Waals surface area contributed by atoms with Crippen LogP contribution in [0.5, 0.6) is 0 Å². The Hall–Kier alpha value is -1.50. The predicted molar refractivity (Wildman–Crippen MR) is 47.7 cm³/mol. The van der Waals surface area contributed by atoms with E-state index in [1.807, 2.05) is 24.3 Å². The molecule has 2 rings (SSSR count). The molecule has 2 aromatic rings. The number of hydrogen-bond donors (Lipinski definition) is 0. The highest BCUT2D eigenvalue weighted by molar-refractivity contribution is 5.34. The molecule has 0 bridgehead atoms. The smallest absolute Gasteiger partial charge is 0.0941 e. The quantitative estimate of drug-likeness (QED) is 0.653. The molecule has 0 aliphatic heterocycles. The van der Waals surface area contributed by atoms with Crippen molar-refractivity contribution in [3.8, 4) is 0 Å². The summed E-state index contributed by atoms with van der Waals surface area (Å²) in [6, 6.07) is 12.1. The van der Waals surface area contributed by atoms with E-state index in [1.54, 1.807) is 12.5 Å². The third kappa shape index (κ3) is 1.56. The molecule has 0 saturated carbocycles. The van der Waals surface area contributed by atoms with E-state index in [0.29, 0.717) is 0 Å². The Balaban J connectivity index is 2.15. The zero-order valence-electron chi connectivity index (χ0n) is 6.60. The third-order valence-electron chi connectivity index (χ3n) is 1.68. The van der Waals surface area contributed by atoms with E-state index >= 15 is 0 Å². The first kappa shape index (κ1) is 7.17. The molecule has 1 nitrogen and oxygen atoms in total. The summed E-state index contributed by atoms with van der Waals surface area (Å²) < 4.78 is 4.96. The van der Waals surface area contributed by atoms with Gasteiger partial charge in [-0.25, -0.2) is 0 Å². The molecule has 0 saturated heterocycles. The SMILES string of the molecule is [CH](c1ccccc1)c1ccoc1. The van der Waals surface area contributed by atoms with Crippen molar-refractivity contribution in [1.82, 2.24) is 0 Å². The second-order valence-corrected chi connectivity index (χ2v) is 2.61. The lowest BCUT2D eigenvalue weighted by Crippen LogP contribution is -1.79. The van der Waals surface area contributed by atoms with Crippen LogP contribution in [-0.4, -0.2) is 0 Å². The van der Waals surface area contributed by atoms with Crippen molar-refractivity contribution in [1.29, 1.82) is 0 Å². The third-order valence-corrected chi connectivity index (χ3v) is 1.68. The monoisotopic (exact) mass is 157 g/mol. The van der Waals surface area contributed by atoms with Gasteiger partial charge in [-0.05, 0) is 17.2 Å². The van der Waals surface area contributed by atoms with Crippen molar-refractivity contribution in [2.24, 2.45) is 0 Å². The summed E-state index contributed by atoms with van der Waals surface area (Å²) >= 11 is 0. The van der Waals surface area contributed by atoms with Gasteiger partial charge in [-0.3, -0.25) is 0 Å². The molecule has 1 radical (unpaired) electrons. The Bertz CT molecular complexity index is 321. The largest absolute Gasteiger partial charge is 0.472 e. The van der Waals surface area contributed by atoms with Crippen molar-refractivity contribution < 1.29 is 4.42 Å². The van der Waals surface area contributed by atoms with Gasteiger partial charge >= 0.3 is 0 Å². The van der Waals surface area contributed by atoms with Crippen molar-refractivity contribution in [2.45, 2.75) is 0 Å². The summed E-state index contributed by atoms with van der Waals surface area (Å²) in [6.07, 6.45) is 5.48. The molecule has 1 heterocycles. The molecule has 1 aromatic heterocycles. The Morgan fingerprint density at radius 1 is 0.917 bits per heavy atom. The summed E-state index contributed by atoms with van der Waals surface area (Å²) in [7, 11) is 0. The topological polar surface area (TPSA) is 13.1 Å². The van der Waals surface area contributed by atoms with E-state index in [-0.39, 0.29) is 0 Å². The number of furan rings is 1. The van der Waals surface area contributed by atoms with E-state index in [9.17, 15) is 0 Å². The molecule has 0 N–H and O–H groups in total. The van der Waals surface area contributed by atoms with Gasteiger partial charge in [0.1, 0.15) is 0 Å². The highest BCUT2D eigenvalue weighted by Gasteiger charge is 1.95. The van der Waals surface area contributed by atoms with Crippen LogP contribution >= 0.6 is 0 Å². The van der Waals surface area contributed by atoms with E-state index in [0.717, 1.165) is 5.56 Å². The van der Waals surface area contributed by atoms with Crippen molar-refractivity contribution >= 4 is 0 Å². The maximum atomic E-state index is 4.96. The molecule has 0 unspecified atom stereocenters. The van der Waals surface area contributed by atoms with Gasteiger partial charge in [0.05, 0.1) is 12.5 Å². The Kier molecular flexibility index (Phi) is 1.95. The van der Waals surface area contributed by atoms with Gasteiger partial charge in [-0.1, -0.05) is 30.3 Å². The van der Waals surface area contributed by atoms with Crippen LogP contribution in [-0.2, 0) is 0 Å². The summed E-state index contributed by atoms with van der Waals surface area (Å²) in [6.45, 7) is 0. The summed E-state index contributed by atoms with van der Waals surface area (Å²) in [5.74, 6) is 0. The number of hydrogen-bond acceptors (Lipinski definition) is 1. The minimum atomic E-state index is 1.10. The van der Waals surface area contributed by atoms with Crippen LogP contribution < -0.4 is 0 Å². The zero-order valence-corrected chi connectivity index (χ0v) is 6.60. The molecular weight excluding hydrogens is 148 g/mol. The molecule has 1 aromatic carbocycles. The highest BCUT2D eigenvalue weighted by Crippen LogP contribution is 2.10. The maximum Gasteiger partial charge on any atom is 0.0941 e. The minimum absolute atomic E-state index is 1.10. The molecule has 1 heteroatoms. The van der Waals surface area contributed by atoms with Crippen molar-refractivity contribution in [3.63, 3.8) is 0 Å². The van der Waals surface area contributed by atoms with E-state index in [2.05, 4.69) is 18.6 Å². The van der Waals surface area contributed by atoms with Crippen LogP contribution in [0.2, 0.25) is 0 Å². The lowest BCUT2D eigenvalue weighted by Gasteiger charge is -1.95. The Morgan fingerprint density at radius 2 is 1.75 bits per heavy atom. The Labute approximate surface area is 71.6 Å². The van der Waals surface area contributed by atoms with Crippen LogP contribution in [0.3, 0.4) is 0 Å². The fourth-order valence-corrected chi connectivity index (χ4v) is 1.10. The second-order valence-electron chi connectivity index (χ2n) is 2.61. The standard InChI is InChI=1S/C11H9O/c1-2-4-10(5-3-1)8-11-6-7-12-9-11/h1-9H. The van der Waals surface area contributed by atoms with Gasteiger partial charge < -0.3 is 4.42 Å². The number of benzene rings is 1. The molecule has 0 spiro atoms. The molecule has 0 aliphatic carbocycles. The average molecular weight is 157 g/mol. The molecular formula is C11H9O. The van der Waals surface area contributed by atoms with E-state index in [1.165, 1.54) is 5.56 Å². The van der Waals surface area contributed by atoms with Crippen molar-refractivity contribution in [3.05, 3.63) is 66.5 Å². The average Bonchev–Trinajstić information content (AvgIpc) is 2.59. The van der Waals surface area contributed by atoms with Crippen LogP contribution in [0.15, 0.2) is 53.3 Å². The maximum absolute atomic E-state index is 4.96.